The third-order valence-electron chi connectivity index (χ3n) is 4.33. The van der Waals surface area contributed by atoms with E-state index in [1.54, 1.807) is 37.0 Å². The van der Waals surface area contributed by atoms with E-state index in [-0.39, 0.29) is 12.2 Å². The van der Waals surface area contributed by atoms with Gasteiger partial charge in [-0.3, -0.25) is 4.99 Å². The number of hydrogen-bond donors (Lipinski definition) is 0. The van der Waals surface area contributed by atoms with Crippen LogP contribution < -0.4 is 4.74 Å². The highest BCUT2D eigenvalue weighted by Crippen LogP contribution is 2.20. The number of pyridine rings is 1. The van der Waals surface area contributed by atoms with Crippen molar-refractivity contribution in [3.8, 4) is 11.7 Å². The molecule has 3 rings (SSSR count). The van der Waals surface area contributed by atoms with Gasteiger partial charge in [0.15, 0.2) is 5.82 Å². The number of nitrogens with zero attached hydrogens (tertiary/aromatic N) is 7. The smallest absolute Gasteiger partial charge is 0.265 e. The summed E-state index contributed by atoms with van der Waals surface area (Å²) in [5.41, 5.74) is 2.67. The first kappa shape index (κ1) is 22.5. The van der Waals surface area contributed by atoms with Gasteiger partial charge in [0.25, 0.3) is 6.43 Å². The Hall–Kier alpha value is -3.21. The van der Waals surface area contributed by atoms with Crippen LogP contribution in [0.15, 0.2) is 41.7 Å². The SMILES string of the molecule is CSC(C)=N/C=C(\C)c1ccc(OCc2c(C)nnn2-c2ccc(C(F)F)cn2)nn1. The van der Waals surface area contributed by atoms with Crippen LogP contribution in [0.4, 0.5) is 8.78 Å². The van der Waals surface area contributed by atoms with Crippen LogP contribution in [0, 0.1) is 6.92 Å². The first-order valence-electron chi connectivity index (χ1n) is 9.26. The van der Waals surface area contributed by atoms with Crippen molar-refractivity contribution in [2.75, 3.05) is 6.26 Å². The third kappa shape index (κ3) is 5.69. The molecule has 31 heavy (non-hydrogen) atoms. The third-order valence-corrected chi connectivity index (χ3v) is 5.03. The molecule has 0 radical (unpaired) electrons. The number of hydrogen-bond acceptors (Lipinski definition) is 8. The van der Waals surface area contributed by atoms with Gasteiger partial charge in [0.05, 0.1) is 16.4 Å². The highest BCUT2D eigenvalue weighted by molar-refractivity contribution is 8.13. The summed E-state index contributed by atoms with van der Waals surface area (Å²) in [5.74, 6) is 0.695. The second kappa shape index (κ2) is 10.2. The molecule has 0 saturated carbocycles. The second-order valence-electron chi connectivity index (χ2n) is 6.49. The molecule has 0 aromatic carbocycles. The van der Waals surface area contributed by atoms with Gasteiger partial charge in [-0.15, -0.1) is 27.1 Å². The topological polar surface area (TPSA) is 91.0 Å². The van der Waals surface area contributed by atoms with E-state index in [0.717, 1.165) is 16.8 Å². The van der Waals surface area contributed by atoms with Crippen LogP contribution in [0.1, 0.15) is 42.9 Å². The zero-order valence-corrected chi connectivity index (χ0v) is 18.3. The standard InChI is InChI=1S/C20H21F2N7OS/c1-12(9-23-14(3)31-4)16-6-8-19(27-26-16)30-11-17-13(2)25-28-29(17)18-7-5-15(10-24-18)20(21)22/h5-10,20H,11H2,1-4H3/b12-9+,23-14?. The van der Waals surface area contributed by atoms with Gasteiger partial charge in [-0.1, -0.05) is 5.21 Å². The Balaban J connectivity index is 1.71. The lowest BCUT2D eigenvalue weighted by Gasteiger charge is -2.09. The quantitative estimate of drug-likeness (QED) is 0.393. The Labute approximate surface area is 182 Å². The number of halogens is 2. The molecule has 0 saturated heterocycles. The van der Waals surface area contributed by atoms with E-state index in [1.807, 2.05) is 20.1 Å². The zero-order valence-electron chi connectivity index (χ0n) is 17.5. The molecule has 8 nitrogen and oxygen atoms in total. The highest BCUT2D eigenvalue weighted by Gasteiger charge is 2.15. The van der Waals surface area contributed by atoms with Crippen molar-refractivity contribution in [3.05, 3.63) is 59.3 Å². The summed E-state index contributed by atoms with van der Waals surface area (Å²) in [6, 6.07) is 6.28. The highest BCUT2D eigenvalue weighted by atomic mass is 32.2. The summed E-state index contributed by atoms with van der Waals surface area (Å²) in [6.07, 6.45) is 2.25. The maximum atomic E-state index is 12.7. The molecule has 0 unspecified atom stereocenters. The Morgan fingerprint density at radius 3 is 2.61 bits per heavy atom. The van der Waals surface area contributed by atoms with Gasteiger partial charge in [-0.05, 0) is 50.8 Å². The molecule has 0 N–H and O–H groups in total. The molecule has 0 amide bonds. The maximum Gasteiger partial charge on any atom is 0.265 e. The van der Waals surface area contributed by atoms with Crippen LogP contribution in [0.2, 0.25) is 0 Å². The molecular weight excluding hydrogens is 424 g/mol. The molecule has 162 valence electrons. The average Bonchev–Trinajstić information content (AvgIpc) is 3.16. The van der Waals surface area contributed by atoms with Gasteiger partial charge in [-0.25, -0.2) is 13.8 Å². The van der Waals surface area contributed by atoms with Crippen molar-refractivity contribution in [3.63, 3.8) is 0 Å². The van der Waals surface area contributed by atoms with E-state index in [0.29, 0.717) is 28.8 Å². The molecule has 11 heteroatoms. The summed E-state index contributed by atoms with van der Waals surface area (Å²) < 4.78 is 32.7. The summed E-state index contributed by atoms with van der Waals surface area (Å²) in [5, 5.41) is 17.3. The van der Waals surface area contributed by atoms with E-state index in [4.69, 9.17) is 4.74 Å². The molecule has 0 bridgehead atoms. The minimum atomic E-state index is -2.58. The first-order chi connectivity index (χ1) is 14.9. The monoisotopic (exact) mass is 445 g/mol. The minimum absolute atomic E-state index is 0.108. The molecule has 3 heterocycles. The van der Waals surface area contributed by atoms with E-state index in [1.165, 1.54) is 16.8 Å². The largest absolute Gasteiger partial charge is 0.470 e. The van der Waals surface area contributed by atoms with E-state index >= 15 is 0 Å². The molecule has 0 spiro atoms. The fourth-order valence-corrected chi connectivity index (χ4v) is 2.59. The lowest BCUT2D eigenvalue weighted by molar-refractivity contribution is 0.151. The van der Waals surface area contributed by atoms with Gasteiger partial charge in [0.2, 0.25) is 5.88 Å². The average molecular weight is 445 g/mol. The zero-order chi connectivity index (χ0) is 22.4. The van der Waals surface area contributed by atoms with E-state index in [9.17, 15) is 8.78 Å². The predicted octanol–water partition coefficient (Wildman–Crippen LogP) is 4.42. The molecular formula is C20H21F2N7OS. The van der Waals surface area contributed by atoms with Crippen molar-refractivity contribution < 1.29 is 13.5 Å². The lowest BCUT2D eigenvalue weighted by atomic mass is 10.2. The lowest BCUT2D eigenvalue weighted by Crippen LogP contribution is -2.09. The van der Waals surface area contributed by atoms with E-state index in [2.05, 4.69) is 30.5 Å². The number of aromatic nitrogens is 6. The fraction of sp³-hybridized carbons (Fsp3) is 0.300. The molecule has 0 atom stereocenters. The summed E-state index contributed by atoms with van der Waals surface area (Å²) >= 11 is 1.57. The number of rotatable bonds is 7. The molecule has 0 aliphatic heterocycles. The van der Waals surface area contributed by atoms with Gasteiger partial charge < -0.3 is 4.74 Å². The van der Waals surface area contributed by atoms with Crippen LogP contribution in [0.25, 0.3) is 11.4 Å². The Morgan fingerprint density at radius 1 is 1.19 bits per heavy atom. The number of alkyl halides is 2. The molecule has 0 fully saturated rings. The Kier molecular flexibility index (Phi) is 7.40. The van der Waals surface area contributed by atoms with Gasteiger partial charge in [0.1, 0.15) is 12.3 Å². The number of aryl methyl sites for hydroxylation is 1. The number of thioether (sulfide) groups is 1. The Morgan fingerprint density at radius 2 is 2.00 bits per heavy atom. The summed E-state index contributed by atoms with van der Waals surface area (Å²) in [6.45, 7) is 5.72. The van der Waals surface area contributed by atoms with Crippen LogP contribution in [-0.2, 0) is 6.61 Å². The molecule has 3 aromatic heterocycles. The van der Waals surface area contributed by atoms with Crippen LogP contribution >= 0.6 is 11.8 Å². The van der Waals surface area contributed by atoms with Crippen LogP contribution in [0.5, 0.6) is 5.88 Å². The number of ether oxygens (including phenoxy) is 1. The number of aliphatic imine (C=N–C) groups is 1. The summed E-state index contributed by atoms with van der Waals surface area (Å²) in [4.78, 5) is 8.37. The van der Waals surface area contributed by atoms with Crippen LogP contribution in [-0.4, -0.2) is 41.5 Å². The van der Waals surface area contributed by atoms with Crippen LogP contribution in [0.3, 0.4) is 0 Å². The first-order valence-corrected chi connectivity index (χ1v) is 10.5. The van der Waals surface area contributed by atoms with Crippen molar-refractivity contribution in [1.82, 2.24) is 30.2 Å². The number of allylic oxidation sites excluding steroid dienone is 1. The van der Waals surface area contributed by atoms with Crippen molar-refractivity contribution >= 4 is 22.4 Å². The Bertz CT molecular complexity index is 1080. The molecule has 3 aromatic rings. The summed E-state index contributed by atoms with van der Waals surface area (Å²) in [7, 11) is 0. The van der Waals surface area contributed by atoms with Gasteiger partial charge >= 0.3 is 0 Å². The molecule has 0 aliphatic rings. The maximum absolute atomic E-state index is 12.7. The minimum Gasteiger partial charge on any atom is -0.470 e. The van der Waals surface area contributed by atoms with E-state index < -0.39 is 6.43 Å². The van der Waals surface area contributed by atoms with Crippen molar-refractivity contribution in [2.45, 2.75) is 33.8 Å². The molecule has 0 aliphatic carbocycles. The van der Waals surface area contributed by atoms with Crippen molar-refractivity contribution in [2.24, 2.45) is 4.99 Å². The van der Waals surface area contributed by atoms with Crippen molar-refractivity contribution in [1.29, 1.82) is 0 Å². The fourth-order valence-electron chi connectivity index (χ4n) is 2.43. The predicted molar refractivity (Wildman–Crippen MR) is 115 cm³/mol. The normalized spacial score (nSPS) is 12.5. The second-order valence-corrected chi connectivity index (χ2v) is 7.49. The van der Waals surface area contributed by atoms with Gasteiger partial charge in [0, 0.05) is 24.0 Å². The van der Waals surface area contributed by atoms with Gasteiger partial charge in [-0.2, -0.15) is 4.68 Å².